The minimum absolute atomic E-state index is 0.00499. The van der Waals surface area contributed by atoms with Gasteiger partial charge >= 0.3 is 5.97 Å². The third-order valence-corrected chi connectivity index (χ3v) is 8.12. The van der Waals surface area contributed by atoms with Crippen LogP contribution in [0, 0.1) is 11.2 Å². The first-order valence-electron chi connectivity index (χ1n) is 13.5. The quantitative estimate of drug-likeness (QED) is 0.447. The topological polar surface area (TPSA) is 77.9 Å². The standard InChI is InChI=1S/C30H35F3N2O4/c1-20(2)21-10-11-24(25(31)17-21)27(37)34-15-13-29(14-16-34,28(38)39)19-26(36)35(22-7-4-3-5-8-22)23-9-6-12-30(32,33)18-23/h3-5,7-8,10-11,17,20,23H,6,9,12-16,18-19H2,1-2H3,(H,38,39). The molecule has 6 nitrogen and oxygen atoms in total. The fraction of sp³-hybridized carbons (Fsp3) is 0.500. The minimum atomic E-state index is -2.89. The van der Waals surface area contributed by atoms with E-state index in [4.69, 9.17) is 0 Å². The minimum Gasteiger partial charge on any atom is -0.481 e. The van der Waals surface area contributed by atoms with Gasteiger partial charge in [-0.2, -0.15) is 0 Å². The number of hydrogen-bond donors (Lipinski definition) is 1. The number of carbonyl (C=O) groups excluding carboxylic acids is 2. The van der Waals surface area contributed by atoms with E-state index in [9.17, 15) is 32.7 Å². The van der Waals surface area contributed by atoms with E-state index in [1.165, 1.54) is 21.9 Å². The van der Waals surface area contributed by atoms with Gasteiger partial charge in [-0.15, -0.1) is 0 Å². The van der Waals surface area contributed by atoms with E-state index < -0.39 is 47.4 Å². The summed E-state index contributed by atoms with van der Waals surface area (Å²) in [5.41, 5.74) is -0.312. The van der Waals surface area contributed by atoms with Crippen LogP contribution in [0.1, 0.15) is 80.6 Å². The van der Waals surface area contributed by atoms with Crippen LogP contribution < -0.4 is 4.90 Å². The van der Waals surface area contributed by atoms with Gasteiger partial charge in [-0.25, -0.2) is 13.2 Å². The third kappa shape index (κ3) is 6.28. The molecule has 2 aromatic carbocycles. The number of benzene rings is 2. The molecule has 1 atom stereocenters. The van der Waals surface area contributed by atoms with Crippen molar-refractivity contribution in [3.63, 3.8) is 0 Å². The van der Waals surface area contributed by atoms with Gasteiger partial charge in [0.05, 0.1) is 11.0 Å². The molecule has 1 N–H and O–H groups in total. The van der Waals surface area contributed by atoms with E-state index in [1.54, 1.807) is 36.4 Å². The molecule has 39 heavy (non-hydrogen) atoms. The van der Waals surface area contributed by atoms with Crippen molar-refractivity contribution >= 4 is 23.5 Å². The Morgan fingerprint density at radius 1 is 1.05 bits per heavy atom. The van der Waals surface area contributed by atoms with Gasteiger partial charge in [0.15, 0.2) is 0 Å². The van der Waals surface area contributed by atoms with Gasteiger partial charge < -0.3 is 14.9 Å². The molecule has 1 heterocycles. The van der Waals surface area contributed by atoms with Gasteiger partial charge in [0, 0.05) is 44.1 Å². The number of amides is 2. The van der Waals surface area contributed by atoms with Crippen molar-refractivity contribution < 1.29 is 32.7 Å². The molecule has 4 rings (SSSR count). The number of alkyl halides is 2. The molecule has 2 aromatic rings. The molecular weight excluding hydrogens is 509 g/mol. The van der Waals surface area contributed by atoms with E-state index in [0.717, 1.165) is 5.56 Å². The summed E-state index contributed by atoms with van der Waals surface area (Å²) in [5, 5.41) is 10.2. The molecule has 2 aliphatic rings. The summed E-state index contributed by atoms with van der Waals surface area (Å²) in [6.07, 6.45) is -0.423. The van der Waals surface area contributed by atoms with Crippen molar-refractivity contribution in [3.8, 4) is 0 Å². The van der Waals surface area contributed by atoms with Crippen LogP contribution in [0.4, 0.5) is 18.9 Å². The number of rotatable bonds is 7. The Kier molecular flexibility index (Phi) is 8.37. The molecule has 210 valence electrons. The average Bonchev–Trinajstić information content (AvgIpc) is 2.88. The lowest BCUT2D eigenvalue weighted by Gasteiger charge is -2.42. The fourth-order valence-corrected chi connectivity index (χ4v) is 5.73. The number of hydrogen-bond acceptors (Lipinski definition) is 3. The highest BCUT2D eigenvalue weighted by atomic mass is 19.3. The second-order valence-corrected chi connectivity index (χ2v) is 11.2. The first-order valence-corrected chi connectivity index (χ1v) is 13.5. The van der Waals surface area contributed by atoms with Crippen molar-refractivity contribution in [2.75, 3.05) is 18.0 Å². The van der Waals surface area contributed by atoms with Crippen LogP contribution in [0.3, 0.4) is 0 Å². The van der Waals surface area contributed by atoms with Gasteiger partial charge in [-0.3, -0.25) is 14.4 Å². The third-order valence-electron chi connectivity index (χ3n) is 8.12. The first kappa shape index (κ1) is 28.6. The zero-order chi connectivity index (χ0) is 28.4. The number of carbonyl (C=O) groups is 3. The van der Waals surface area contributed by atoms with E-state index in [0.29, 0.717) is 12.1 Å². The maximum absolute atomic E-state index is 14.7. The summed E-state index contributed by atoms with van der Waals surface area (Å²) in [6.45, 7) is 3.92. The summed E-state index contributed by atoms with van der Waals surface area (Å²) in [7, 11) is 0. The van der Waals surface area contributed by atoms with E-state index in [2.05, 4.69) is 0 Å². The van der Waals surface area contributed by atoms with Crippen LogP contribution in [0.25, 0.3) is 0 Å². The van der Waals surface area contributed by atoms with Crippen molar-refractivity contribution in [3.05, 3.63) is 65.5 Å². The molecule has 0 aromatic heterocycles. The monoisotopic (exact) mass is 544 g/mol. The van der Waals surface area contributed by atoms with Crippen LogP contribution >= 0.6 is 0 Å². The lowest BCUT2D eigenvalue weighted by Crippen LogP contribution is -2.51. The second-order valence-electron chi connectivity index (χ2n) is 11.2. The Bertz CT molecular complexity index is 1210. The molecule has 2 fully saturated rings. The smallest absolute Gasteiger partial charge is 0.310 e. The van der Waals surface area contributed by atoms with Gasteiger partial charge in [0.2, 0.25) is 11.8 Å². The largest absolute Gasteiger partial charge is 0.481 e. The predicted molar refractivity (Wildman–Crippen MR) is 141 cm³/mol. The van der Waals surface area contributed by atoms with Gasteiger partial charge in [-0.05, 0) is 61.4 Å². The van der Waals surface area contributed by atoms with Crippen LogP contribution in [-0.4, -0.2) is 52.8 Å². The van der Waals surface area contributed by atoms with Crippen LogP contribution in [-0.2, 0) is 9.59 Å². The molecule has 1 saturated heterocycles. The average molecular weight is 545 g/mol. The highest BCUT2D eigenvalue weighted by molar-refractivity contribution is 5.97. The molecule has 1 unspecified atom stereocenters. The molecule has 9 heteroatoms. The Morgan fingerprint density at radius 3 is 2.28 bits per heavy atom. The summed E-state index contributed by atoms with van der Waals surface area (Å²) in [4.78, 5) is 42.0. The predicted octanol–water partition coefficient (Wildman–Crippen LogP) is 6.26. The Labute approximate surface area is 226 Å². The number of anilines is 1. The number of carboxylic acid groups (broad SMARTS) is 1. The maximum Gasteiger partial charge on any atom is 0.310 e. The number of aliphatic carboxylic acids is 1. The summed E-state index contributed by atoms with van der Waals surface area (Å²) >= 11 is 0. The van der Waals surface area contributed by atoms with E-state index in [-0.39, 0.29) is 56.7 Å². The van der Waals surface area contributed by atoms with Crippen LogP contribution in [0.5, 0.6) is 0 Å². The Hall–Kier alpha value is -3.36. The molecule has 0 radical (unpaired) electrons. The lowest BCUT2D eigenvalue weighted by molar-refractivity contribution is -0.154. The van der Waals surface area contributed by atoms with Crippen LogP contribution in [0.2, 0.25) is 0 Å². The summed E-state index contributed by atoms with van der Waals surface area (Å²) in [5.74, 6) is -5.64. The van der Waals surface area contributed by atoms with Crippen molar-refractivity contribution in [1.29, 1.82) is 0 Å². The van der Waals surface area contributed by atoms with E-state index in [1.807, 2.05) is 13.8 Å². The molecule has 0 spiro atoms. The number of nitrogens with zero attached hydrogens (tertiary/aromatic N) is 2. The van der Waals surface area contributed by atoms with Gasteiger partial charge in [0.25, 0.3) is 5.91 Å². The van der Waals surface area contributed by atoms with Crippen molar-refractivity contribution in [1.82, 2.24) is 4.90 Å². The number of likely N-dealkylation sites (tertiary alicyclic amines) is 1. The SMILES string of the molecule is CC(C)c1ccc(C(=O)N2CCC(CC(=O)N(c3ccccc3)C3CCCC(F)(F)C3)(C(=O)O)CC2)c(F)c1. The Balaban J connectivity index is 1.51. The highest BCUT2D eigenvalue weighted by Crippen LogP contribution is 2.41. The normalized spacial score (nSPS) is 20.5. The number of carboxylic acids is 1. The second kappa shape index (κ2) is 11.4. The molecule has 2 amide bonds. The summed E-state index contributed by atoms with van der Waals surface area (Å²) < 4.78 is 43.3. The zero-order valence-corrected chi connectivity index (χ0v) is 22.3. The number of para-hydroxylation sites is 1. The summed E-state index contributed by atoms with van der Waals surface area (Å²) in [6, 6.07) is 12.3. The number of halogens is 3. The van der Waals surface area contributed by atoms with Gasteiger partial charge in [0.1, 0.15) is 5.82 Å². The fourth-order valence-electron chi connectivity index (χ4n) is 5.73. The van der Waals surface area contributed by atoms with E-state index >= 15 is 0 Å². The van der Waals surface area contributed by atoms with Crippen molar-refractivity contribution in [2.45, 2.75) is 76.7 Å². The molecule has 1 aliphatic carbocycles. The zero-order valence-electron chi connectivity index (χ0n) is 22.3. The molecule has 1 aliphatic heterocycles. The van der Waals surface area contributed by atoms with Crippen LogP contribution in [0.15, 0.2) is 48.5 Å². The maximum atomic E-state index is 14.7. The van der Waals surface area contributed by atoms with Gasteiger partial charge in [-0.1, -0.05) is 38.1 Å². The lowest BCUT2D eigenvalue weighted by atomic mass is 9.75. The Morgan fingerprint density at radius 2 is 1.72 bits per heavy atom. The molecular formula is C30H35F3N2O4. The van der Waals surface area contributed by atoms with Crippen molar-refractivity contribution in [2.24, 2.45) is 5.41 Å². The highest BCUT2D eigenvalue weighted by Gasteiger charge is 2.47. The molecule has 0 bridgehead atoms. The first-order chi connectivity index (χ1) is 18.4. The number of piperidine rings is 1. The molecule has 1 saturated carbocycles.